The Bertz CT molecular complexity index is 1100. The van der Waals surface area contributed by atoms with Gasteiger partial charge in [0.15, 0.2) is 0 Å². The Balaban J connectivity index is 2.10. The Morgan fingerprint density at radius 1 is 1.14 bits per heavy atom. The summed E-state index contributed by atoms with van der Waals surface area (Å²) < 4.78 is 29.5. The van der Waals surface area contributed by atoms with E-state index in [0.29, 0.717) is 23.5 Å². The number of nitrogens with zero attached hydrogens (tertiary/aromatic N) is 2. The Kier molecular flexibility index (Phi) is 6.98. The van der Waals surface area contributed by atoms with Crippen LogP contribution in [0.4, 0.5) is 0 Å². The largest absolute Gasteiger partial charge is 0.293 e. The van der Waals surface area contributed by atoms with Crippen LogP contribution in [-0.2, 0) is 16.6 Å². The minimum atomic E-state index is -3.71. The fourth-order valence-electron chi connectivity index (χ4n) is 3.46. The van der Waals surface area contributed by atoms with Crippen LogP contribution < -0.4 is 0 Å². The molecular formula is C23H27BrN2O2S. The van der Waals surface area contributed by atoms with Gasteiger partial charge in [0.25, 0.3) is 10.0 Å². The van der Waals surface area contributed by atoms with Crippen LogP contribution in [0.2, 0.25) is 0 Å². The number of unbranched alkanes of at least 4 members (excludes halogenated alkanes) is 1. The summed E-state index contributed by atoms with van der Waals surface area (Å²) in [5, 5.41) is 0.922. The molecule has 2 aromatic carbocycles. The number of fused-ring (bicyclic) bond motifs is 1. The molecule has 0 unspecified atom stereocenters. The van der Waals surface area contributed by atoms with Crippen LogP contribution in [0.25, 0.3) is 10.9 Å². The minimum absolute atomic E-state index is 0.302. The first kappa shape index (κ1) is 21.8. The lowest BCUT2D eigenvalue weighted by molar-refractivity contribution is 0.284. The Hall–Kier alpha value is -1.89. The molecule has 3 aromatic rings. The third-order valence-electron chi connectivity index (χ3n) is 4.91. The zero-order valence-corrected chi connectivity index (χ0v) is 19.3. The minimum Gasteiger partial charge on any atom is -0.293 e. The van der Waals surface area contributed by atoms with Crippen LogP contribution in [0, 0.1) is 6.92 Å². The average molecular weight is 475 g/mol. The van der Waals surface area contributed by atoms with Gasteiger partial charge in [0.05, 0.1) is 10.4 Å². The lowest BCUT2D eigenvalue weighted by atomic mass is 10.2. The highest BCUT2D eigenvalue weighted by Crippen LogP contribution is 2.27. The van der Waals surface area contributed by atoms with E-state index in [1.807, 2.05) is 49.4 Å². The summed E-state index contributed by atoms with van der Waals surface area (Å²) in [6.45, 7) is 10.2. The second-order valence-electron chi connectivity index (χ2n) is 7.36. The number of para-hydroxylation sites is 1. The molecule has 0 spiro atoms. The van der Waals surface area contributed by atoms with E-state index in [1.165, 1.54) is 3.97 Å². The van der Waals surface area contributed by atoms with Crippen molar-refractivity contribution in [2.24, 2.45) is 0 Å². The fourth-order valence-corrected chi connectivity index (χ4v) is 5.35. The van der Waals surface area contributed by atoms with Crippen LogP contribution >= 0.6 is 15.9 Å². The number of hydrogen-bond donors (Lipinski definition) is 0. The van der Waals surface area contributed by atoms with E-state index < -0.39 is 10.0 Å². The quantitative estimate of drug-likeness (QED) is 0.399. The average Bonchev–Trinajstić information content (AvgIpc) is 3.04. The molecule has 154 valence electrons. The maximum Gasteiger partial charge on any atom is 0.268 e. The standard InChI is InChI=1S/C23H27BrN2O2S/c1-4-5-14-25(16-19(3)24)17-21-15-20-8-6-7-9-23(20)26(21)29(27,28)22-12-10-18(2)11-13-22/h6-13,15H,3-5,14,16-17H2,1-2H3. The summed E-state index contributed by atoms with van der Waals surface area (Å²) in [4.78, 5) is 2.53. The Morgan fingerprint density at radius 2 is 1.83 bits per heavy atom. The maximum atomic E-state index is 13.6. The molecule has 0 fully saturated rings. The van der Waals surface area contributed by atoms with Gasteiger partial charge in [-0.3, -0.25) is 4.90 Å². The molecule has 6 heteroatoms. The molecule has 0 aliphatic heterocycles. The summed E-state index contributed by atoms with van der Waals surface area (Å²) in [6.07, 6.45) is 2.13. The SMILES string of the molecule is C=C(Br)CN(CCCC)Cc1cc2ccccc2n1S(=O)(=O)c1ccc(C)cc1. The molecule has 0 amide bonds. The highest BCUT2D eigenvalue weighted by atomic mass is 79.9. The van der Waals surface area contributed by atoms with Crippen LogP contribution in [0.3, 0.4) is 0 Å². The van der Waals surface area contributed by atoms with Crippen LogP contribution in [-0.4, -0.2) is 30.4 Å². The Morgan fingerprint density at radius 3 is 2.48 bits per heavy atom. The van der Waals surface area contributed by atoms with Gasteiger partial charge in [0.2, 0.25) is 0 Å². The molecule has 0 atom stereocenters. The molecule has 4 nitrogen and oxygen atoms in total. The molecule has 3 rings (SSSR count). The number of rotatable bonds is 9. The summed E-state index contributed by atoms with van der Waals surface area (Å²) in [6, 6.07) is 16.6. The van der Waals surface area contributed by atoms with Crippen molar-refractivity contribution >= 4 is 36.9 Å². The van der Waals surface area contributed by atoms with Crippen molar-refractivity contribution in [2.45, 2.75) is 38.1 Å². The lowest BCUT2D eigenvalue weighted by Gasteiger charge is -2.23. The second-order valence-corrected chi connectivity index (χ2v) is 10.3. The van der Waals surface area contributed by atoms with Crippen LogP contribution in [0.15, 0.2) is 70.6 Å². The van der Waals surface area contributed by atoms with Crippen molar-refractivity contribution in [3.05, 3.63) is 76.9 Å². The van der Waals surface area contributed by atoms with Gasteiger partial charge in [-0.05, 0) is 44.2 Å². The molecule has 29 heavy (non-hydrogen) atoms. The summed E-state index contributed by atoms with van der Waals surface area (Å²) >= 11 is 3.46. The van der Waals surface area contributed by atoms with E-state index in [-0.39, 0.29) is 0 Å². The van der Waals surface area contributed by atoms with Crippen molar-refractivity contribution in [3.63, 3.8) is 0 Å². The molecule has 0 aliphatic carbocycles. The number of aromatic nitrogens is 1. The van der Waals surface area contributed by atoms with Crippen molar-refractivity contribution in [3.8, 4) is 0 Å². The molecule has 0 radical (unpaired) electrons. The van der Waals surface area contributed by atoms with Gasteiger partial charge < -0.3 is 0 Å². The number of hydrogen-bond acceptors (Lipinski definition) is 3. The number of benzene rings is 2. The van der Waals surface area contributed by atoms with Crippen molar-refractivity contribution in [1.82, 2.24) is 8.87 Å². The van der Waals surface area contributed by atoms with E-state index in [0.717, 1.165) is 40.5 Å². The van der Waals surface area contributed by atoms with Gasteiger partial charge in [-0.15, -0.1) is 0 Å². The van der Waals surface area contributed by atoms with E-state index in [4.69, 9.17) is 0 Å². The monoisotopic (exact) mass is 474 g/mol. The molecule has 0 bridgehead atoms. The highest BCUT2D eigenvalue weighted by Gasteiger charge is 2.24. The van der Waals surface area contributed by atoms with Crippen molar-refractivity contribution in [1.29, 1.82) is 0 Å². The molecular weight excluding hydrogens is 448 g/mol. The molecule has 0 saturated carbocycles. The van der Waals surface area contributed by atoms with E-state index >= 15 is 0 Å². The van der Waals surface area contributed by atoms with Gasteiger partial charge in [0, 0.05) is 28.7 Å². The second kappa shape index (κ2) is 9.28. The normalized spacial score (nSPS) is 12.0. The smallest absolute Gasteiger partial charge is 0.268 e. The molecule has 0 saturated heterocycles. The van der Waals surface area contributed by atoms with Gasteiger partial charge in [-0.1, -0.05) is 71.7 Å². The summed E-state index contributed by atoms with van der Waals surface area (Å²) in [5.41, 5.74) is 2.50. The first-order valence-corrected chi connectivity index (χ1v) is 12.0. The zero-order valence-electron chi connectivity index (χ0n) is 16.9. The van der Waals surface area contributed by atoms with Crippen molar-refractivity contribution < 1.29 is 8.42 Å². The van der Waals surface area contributed by atoms with Gasteiger partial charge >= 0.3 is 0 Å². The summed E-state index contributed by atoms with van der Waals surface area (Å²) in [7, 11) is -3.71. The Labute approximate surface area is 182 Å². The first-order valence-electron chi connectivity index (χ1n) is 9.80. The van der Waals surface area contributed by atoms with Gasteiger partial charge in [-0.2, -0.15) is 0 Å². The third-order valence-corrected chi connectivity index (χ3v) is 6.94. The lowest BCUT2D eigenvalue weighted by Crippen LogP contribution is -2.28. The van der Waals surface area contributed by atoms with Crippen LogP contribution in [0.5, 0.6) is 0 Å². The molecule has 1 aromatic heterocycles. The molecule has 0 N–H and O–H groups in total. The van der Waals surface area contributed by atoms with E-state index in [2.05, 4.69) is 34.3 Å². The topological polar surface area (TPSA) is 42.3 Å². The first-order chi connectivity index (χ1) is 13.8. The molecule has 0 aliphatic rings. The van der Waals surface area contributed by atoms with E-state index in [9.17, 15) is 8.42 Å². The van der Waals surface area contributed by atoms with Crippen molar-refractivity contribution in [2.75, 3.05) is 13.1 Å². The summed E-state index contributed by atoms with van der Waals surface area (Å²) in [5.74, 6) is 0. The predicted octanol–water partition coefficient (Wildman–Crippen LogP) is 5.70. The third kappa shape index (κ3) is 5.00. The predicted molar refractivity (Wildman–Crippen MR) is 124 cm³/mol. The van der Waals surface area contributed by atoms with E-state index in [1.54, 1.807) is 12.1 Å². The number of aryl methyl sites for hydroxylation is 1. The van der Waals surface area contributed by atoms with Gasteiger partial charge in [-0.25, -0.2) is 12.4 Å². The highest BCUT2D eigenvalue weighted by molar-refractivity contribution is 9.11. The molecule has 1 heterocycles. The maximum absolute atomic E-state index is 13.6. The van der Waals surface area contributed by atoms with Crippen LogP contribution in [0.1, 0.15) is 31.0 Å². The zero-order chi connectivity index (χ0) is 21.0. The van der Waals surface area contributed by atoms with Gasteiger partial charge in [0.1, 0.15) is 0 Å². The fraction of sp³-hybridized carbons (Fsp3) is 0.304. The number of halogens is 1.